The largest absolute Gasteiger partial charge is 0.424 e. The predicted octanol–water partition coefficient (Wildman–Crippen LogP) is 3.07. The van der Waals surface area contributed by atoms with Crippen LogP contribution in [0.25, 0.3) is 0 Å². The normalized spacial score (nSPS) is 24.7. The molecule has 1 aliphatic carbocycles. The molecule has 1 fully saturated rings. The predicted molar refractivity (Wildman–Crippen MR) is 117 cm³/mol. The van der Waals surface area contributed by atoms with Gasteiger partial charge in [-0.2, -0.15) is 0 Å². The fourth-order valence-electron chi connectivity index (χ4n) is 4.85. The quantitative estimate of drug-likeness (QED) is 0.656. The molecule has 1 saturated carbocycles. The van der Waals surface area contributed by atoms with Crippen LogP contribution < -0.4 is 10.4 Å². The van der Waals surface area contributed by atoms with Gasteiger partial charge in [0.25, 0.3) is 8.32 Å². The maximum Gasteiger partial charge on any atom is 0.258 e. The molecular formula is C24H34O3Si. The van der Waals surface area contributed by atoms with Crippen molar-refractivity contribution in [2.24, 2.45) is 11.8 Å². The maximum absolute atomic E-state index is 12.3. The van der Waals surface area contributed by atoms with Crippen LogP contribution in [0.15, 0.2) is 60.7 Å². The molecule has 0 aromatic heterocycles. The molecule has 0 spiro atoms. The van der Waals surface area contributed by atoms with Gasteiger partial charge in [-0.3, -0.25) is 0 Å². The van der Waals surface area contributed by atoms with Crippen LogP contribution in [0.2, 0.25) is 5.04 Å². The first kappa shape index (κ1) is 21.3. The summed E-state index contributed by atoms with van der Waals surface area (Å²) < 4.78 is 0. The molecule has 28 heavy (non-hydrogen) atoms. The molecule has 0 amide bonds. The van der Waals surface area contributed by atoms with Crippen LogP contribution in [0.5, 0.6) is 0 Å². The van der Waals surface area contributed by atoms with Crippen molar-refractivity contribution in [1.29, 1.82) is 0 Å². The summed E-state index contributed by atoms with van der Waals surface area (Å²) in [6.07, 6.45) is 2.00. The third-order valence-corrected chi connectivity index (χ3v) is 11.8. The lowest BCUT2D eigenvalue weighted by atomic mass is 9.78. The molecule has 0 saturated heterocycles. The standard InChI is InChI=1S/C24H34O3Si/c1-18(16-19-14-15-22(25)23(26)17-19)24(2,3)28(27,20-10-6-4-7-11-20)21-12-8-5-9-13-21/h4-13,18-19,22-23,25-27H,14-17H2,1-3H3/t18?,19?,22-,23+/m1/s1. The Morgan fingerprint density at radius 2 is 1.39 bits per heavy atom. The van der Waals surface area contributed by atoms with Crippen molar-refractivity contribution in [2.45, 2.75) is 63.7 Å². The van der Waals surface area contributed by atoms with E-state index in [9.17, 15) is 15.0 Å². The van der Waals surface area contributed by atoms with E-state index in [2.05, 4.69) is 45.0 Å². The van der Waals surface area contributed by atoms with E-state index < -0.39 is 20.5 Å². The van der Waals surface area contributed by atoms with E-state index in [0.717, 1.165) is 23.2 Å². The minimum absolute atomic E-state index is 0.275. The first-order chi connectivity index (χ1) is 13.3. The Morgan fingerprint density at radius 1 is 0.893 bits per heavy atom. The van der Waals surface area contributed by atoms with Gasteiger partial charge >= 0.3 is 0 Å². The lowest BCUT2D eigenvalue weighted by Crippen LogP contribution is -2.66. The second-order valence-corrected chi connectivity index (χ2v) is 13.0. The van der Waals surface area contributed by atoms with Crippen LogP contribution in [-0.4, -0.2) is 35.5 Å². The number of aliphatic hydroxyl groups excluding tert-OH is 2. The van der Waals surface area contributed by atoms with E-state index in [-0.39, 0.29) is 11.0 Å². The topological polar surface area (TPSA) is 60.7 Å². The van der Waals surface area contributed by atoms with Gasteiger partial charge in [-0.15, -0.1) is 0 Å². The van der Waals surface area contributed by atoms with Gasteiger partial charge in [0.2, 0.25) is 0 Å². The third-order valence-electron chi connectivity index (χ3n) is 7.12. The van der Waals surface area contributed by atoms with Crippen molar-refractivity contribution in [1.82, 2.24) is 0 Å². The summed E-state index contributed by atoms with van der Waals surface area (Å²) in [5.74, 6) is 0.662. The summed E-state index contributed by atoms with van der Waals surface area (Å²) in [5, 5.41) is 21.7. The zero-order chi connectivity index (χ0) is 20.4. The molecule has 3 rings (SSSR count). The second kappa shape index (κ2) is 8.50. The Kier molecular flexibility index (Phi) is 6.45. The van der Waals surface area contributed by atoms with Crippen LogP contribution in [0, 0.1) is 11.8 Å². The van der Waals surface area contributed by atoms with E-state index in [0.29, 0.717) is 18.8 Å². The van der Waals surface area contributed by atoms with Gasteiger partial charge < -0.3 is 15.0 Å². The van der Waals surface area contributed by atoms with Gasteiger partial charge in [0.1, 0.15) is 0 Å². The molecule has 3 nitrogen and oxygen atoms in total. The summed E-state index contributed by atoms with van der Waals surface area (Å²) in [6.45, 7) is 6.65. The monoisotopic (exact) mass is 398 g/mol. The number of hydrogen-bond acceptors (Lipinski definition) is 3. The highest BCUT2D eigenvalue weighted by Gasteiger charge is 2.52. The molecule has 2 aromatic rings. The van der Waals surface area contributed by atoms with Gasteiger partial charge in [-0.1, -0.05) is 81.4 Å². The van der Waals surface area contributed by atoms with Gasteiger partial charge in [0.05, 0.1) is 12.2 Å². The number of hydrogen-bond donors (Lipinski definition) is 3. The third kappa shape index (κ3) is 3.97. The minimum Gasteiger partial charge on any atom is -0.424 e. The van der Waals surface area contributed by atoms with E-state index in [1.807, 2.05) is 36.4 Å². The van der Waals surface area contributed by atoms with Crippen LogP contribution in [-0.2, 0) is 0 Å². The summed E-state index contributed by atoms with van der Waals surface area (Å²) in [4.78, 5) is 12.3. The fraction of sp³-hybridized carbons (Fsp3) is 0.500. The van der Waals surface area contributed by atoms with Crippen LogP contribution in [0.1, 0.15) is 46.5 Å². The molecule has 4 heteroatoms. The van der Waals surface area contributed by atoms with Crippen molar-refractivity contribution < 1.29 is 15.0 Å². The molecule has 2 aromatic carbocycles. The zero-order valence-corrected chi connectivity index (χ0v) is 18.3. The Balaban J connectivity index is 1.92. The molecule has 0 aliphatic heterocycles. The van der Waals surface area contributed by atoms with Crippen molar-refractivity contribution in [3.63, 3.8) is 0 Å². The molecule has 0 radical (unpaired) electrons. The highest BCUT2D eigenvalue weighted by Crippen LogP contribution is 2.46. The van der Waals surface area contributed by atoms with E-state index in [1.165, 1.54) is 0 Å². The smallest absolute Gasteiger partial charge is 0.258 e. The summed E-state index contributed by atoms with van der Waals surface area (Å²) in [5.41, 5.74) is 0. The molecule has 0 heterocycles. The Morgan fingerprint density at radius 3 is 1.86 bits per heavy atom. The summed E-state index contributed by atoms with van der Waals surface area (Å²) >= 11 is 0. The Hall–Kier alpha value is -1.46. The highest BCUT2D eigenvalue weighted by atomic mass is 28.4. The van der Waals surface area contributed by atoms with E-state index in [4.69, 9.17) is 0 Å². The van der Waals surface area contributed by atoms with E-state index >= 15 is 0 Å². The van der Waals surface area contributed by atoms with Crippen molar-refractivity contribution in [2.75, 3.05) is 0 Å². The first-order valence-corrected chi connectivity index (χ1v) is 12.4. The lowest BCUT2D eigenvalue weighted by Gasteiger charge is -2.46. The number of rotatable bonds is 6. The average molecular weight is 399 g/mol. The number of benzene rings is 2. The van der Waals surface area contributed by atoms with Crippen molar-refractivity contribution in [3.05, 3.63) is 60.7 Å². The van der Waals surface area contributed by atoms with Crippen LogP contribution in [0.4, 0.5) is 0 Å². The first-order valence-electron chi connectivity index (χ1n) is 10.5. The molecule has 4 atom stereocenters. The van der Waals surface area contributed by atoms with Gasteiger partial charge in [-0.25, -0.2) is 0 Å². The van der Waals surface area contributed by atoms with E-state index in [1.54, 1.807) is 0 Å². The minimum atomic E-state index is -3.02. The summed E-state index contributed by atoms with van der Waals surface area (Å²) in [7, 11) is -3.02. The van der Waals surface area contributed by atoms with Gasteiger partial charge in [0, 0.05) is 0 Å². The SMILES string of the molecule is CC(CC1CC[C@@H](O)[C@@H](O)C1)C(C)(C)[Si](O)(c1ccccc1)c1ccccc1. The Labute approximate surface area is 170 Å². The van der Waals surface area contributed by atoms with Crippen LogP contribution >= 0.6 is 0 Å². The number of aliphatic hydroxyl groups is 2. The molecule has 152 valence electrons. The van der Waals surface area contributed by atoms with Crippen molar-refractivity contribution >= 4 is 18.7 Å². The molecule has 0 bridgehead atoms. The Bertz CT molecular complexity index is 707. The van der Waals surface area contributed by atoms with Crippen LogP contribution in [0.3, 0.4) is 0 Å². The molecule has 2 unspecified atom stereocenters. The zero-order valence-electron chi connectivity index (χ0n) is 17.3. The van der Waals surface area contributed by atoms with Gasteiger partial charge in [0.15, 0.2) is 0 Å². The molecule has 1 aliphatic rings. The average Bonchev–Trinajstić information content (AvgIpc) is 2.71. The summed E-state index contributed by atoms with van der Waals surface area (Å²) in [6, 6.07) is 20.3. The van der Waals surface area contributed by atoms with Gasteiger partial charge in [-0.05, 0) is 52.9 Å². The van der Waals surface area contributed by atoms with Crippen molar-refractivity contribution in [3.8, 4) is 0 Å². The maximum atomic E-state index is 12.3. The highest BCUT2D eigenvalue weighted by molar-refractivity contribution is 6.98. The second-order valence-electron chi connectivity index (χ2n) is 9.11. The molecule has 3 N–H and O–H groups in total. The fourth-order valence-corrected chi connectivity index (χ4v) is 8.85. The lowest BCUT2D eigenvalue weighted by molar-refractivity contribution is -0.0291. The molecular weight excluding hydrogens is 364 g/mol.